The van der Waals surface area contributed by atoms with E-state index in [0.29, 0.717) is 58.0 Å². The molecule has 3 heterocycles. The van der Waals surface area contributed by atoms with Crippen LogP contribution < -0.4 is 4.90 Å². The summed E-state index contributed by atoms with van der Waals surface area (Å²) in [6, 6.07) is 16.3. The van der Waals surface area contributed by atoms with Crippen LogP contribution in [0.1, 0.15) is 37.3 Å². The normalized spacial score (nSPS) is 17.6. The number of pyridine rings is 1. The van der Waals surface area contributed by atoms with E-state index in [2.05, 4.69) is 66.2 Å². The van der Waals surface area contributed by atoms with Crippen molar-refractivity contribution in [2.24, 2.45) is 5.92 Å². The van der Waals surface area contributed by atoms with Crippen molar-refractivity contribution >= 4 is 49.5 Å². The fraction of sp³-hybridized carbons (Fsp3) is 0.514. The lowest BCUT2D eigenvalue weighted by molar-refractivity contribution is -0.150. The summed E-state index contributed by atoms with van der Waals surface area (Å²) in [6.07, 6.45) is 5.00. The molecule has 1 aromatic carbocycles. The van der Waals surface area contributed by atoms with Gasteiger partial charge < -0.3 is 24.6 Å². The van der Waals surface area contributed by atoms with Gasteiger partial charge in [0.05, 0.1) is 22.1 Å². The van der Waals surface area contributed by atoms with E-state index in [4.69, 9.17) is 24.5 Å². The van der Waals surface area contributed by atoms with E-state index in [9.17, 15) is 15.0 Å². The van der Waals surface area contributed by atoms with E-state index in [-0.39, 0.29) is 11.8 Å². The number of halogens is 1. The number of hydrogen-bond donors (Lipinski definition) is 2. The van der Waals surface area contributed by atoms with Gasteiger partial charge in [-0.1, -0.05) is 75.7 Å². The fourth-order valence-corrected chi connectivity index (χ4v) is 8.58. The Morgan fingerprint density at radius 3 is 2.08 bits per heavy atom. The van der Waals surface area contributed by atoms with Crippen LogP contribution in [-0.4, -0.2) is 84.7 Å². The molecule has 1 fully saturated rings. The van der Waals surface area contributed by atoms with Gasteiger partial charge in [0.25, 0.3) is 0 Å². The average Bonchev–Trinajstić information content (AvgIpc) is 3.50. The SMILES string of the molecule is C[Si](C)(C)CCOCN(COCC[Si](C)(C)C)c1c(Br)c([C@H]2CC[C@H]([C@@H](O)C(=O)O)CC2)nc2c(-c3ccc(-c4ccccc4)nc3)cnn12. The van der Waals surface area contributed by atoms with Crippen LogP contribution in [0.4, 0.5) is 5.82 Å². The summed E-state index contributed by atoms with van der Waals surface area (Å²) in [4.78, 5) is 23.7. The number of aliphatic carboxylic acids is 1. The number of benzene rings is 1. The van der Waals surface area contributed by atoms with Crippen LogP contribution in [0.15, 0.2) is 59.3 Å². The quantitative estimate of drug-likeness (QED) is 0.0656. The van der Waals surface area contributed by atoms with Gasteiger partial charge in [-0.2, -0.15) is 9.61 Å². The van der Waals surface area contributed by atoms with Crippen LogP contribution in [-0.2, 0) is 14.3 Å². The van der Waals surface area contributed by atoms with Crippen LogP contribution >= 0.6 is 15.9 Å². The molecular weight excluding hydrogens is 731 g/mol. The Balaban J connectivity index is 1.54. The number of carboxylic acid groups (broad SMARTS) is 1. The molecule has 0 unspecified atom stereocenters. The first-order valence-corrected chi connectivity index (χ1v) is 25.8. The van der Waals surface area contributed by atoms with Crippen LogP contribution in [0.5, 0.6) is 0 Å². The molecule has 3 aromatic heterocycles. The van der Waals surface area contributed by atoms with E-state index in [0.717, 1.165) is 50.5 Å². The van der Waals surface area contributed by atoms with Crippen molar-refractivity contribution in [3.63, 3.8) is 0 Å². The van der Waals surface area contributed by atoms with Gasteiger partial charge in [-0.15, -0.1) is 0 Å². The van der Waals surface area contributed by atoms with Crippen LogP contribution in [0, 0.1) is 5.92 Å². The van der Waals surface area contributed by atoms with Crippen molar-refractivity contribution in [3.8, 4) is 22.4 Å². The largest absolute Gasteiger partial charge is 0.479 e. The lowest BCUT2D eigenvalue weighted by Crippen LogP contribution is -2.34. The molecule has 0 saturated heterocycles. The summed E-state index contributed by atoms with van der Waals surface area (Å²) in [7, 11) is -2.59. The molecule has 50 heavy (non-hydrogen) atoms. The third-order valence-corrected chi connectivity index (χ3v) is 13.5. The lowest BCUT2D eigenvalue weighted by Gasteiger charge is -2.32. The van der Waals surface area contributed by atoms with Gasteiger partial charge in [-0.05, 0) is 65.7 Å². The van der Waals surface area contributed by atoms with E-state index in [1.54, 1.807) is 0 Å². The summed E-state index contributed by atoms with van der Waals surface area (Å²) in [5, 5.41) is 24.6. The van der Waals surface area contributed by atoms with Gasteiger partial charge in [0, 0.05) is 58.2 Å². The molecule has 4 aromatic rings. The zero-order valence-corrected chi connectivity index (χ0v) is 33.8. The van der Waals surface area contributed by atoms with E-state index >= 15 is 0 Å². The van der Waals surface area contributed by atoms with Gasteiger partial charge in [0.15, 0.2) is 17.6 Å². The van der Waals surface area contributed by atoms with Crippen LogP contribution in [0.2, 0.25) is 51.4 Å². The Labute approximate surface area is 306 Å². The van der Waals surface area contributed by atoms with Crippen molar-refractivity contribution in [2.75, 3.05) is 31.6 Å². The molecule has 0 radical (unpaired) electrons. The summed E-state index contributed by atoms with van der Waals surface area (Å²) >= 11 is 3.97. The van der Waals surface area contributed by atoms with Gasteiger partial charge in [-0.25, -0.2) is 9.78 Å². The number of ether oxygens (including phenoxy) is 2. The number of fused-ring (bicyclic) bond motifs is 1. The second-order valence-electron chi connectivity index (χ2n) is 15.9. The molecule has 13 heteroatoms. The molecule has 0 aliphatic heterocycles. The molecule has 10 nitrogen and oxygen atoms in total. The molecule has 0 amide bonds. The molecule has 1 saturated carbocycles. The molecule has 2 N–H and O–H groups in total. The fourth-order valence-electron chi connectivity index (χ4n) is 6.23. The molecule has 270 valence electrons. The number of anilines is 1. The van der Waals surface area contributed by atoms with Crippen LogP contribution in [0.3, 0.4) is 0 Å². The highest BCUT2D eigenvalue weighted by molar-refractivity contribution is 9.10. The number of carbonyl (C=O) groups is 1. The lowest BCUT2D eigenvalue weighted by atomic mass is 9.78. The first-order valence-electron chi connectivity index (χ1n) is 17.6. The number of carboxylic acids is 1. The minimum absolute atomic E-state index is 0.0640. The second kappa shape index (κ2) is 16.6. The highest BCUT2D eigenvalue weighted by atomic mass is 79.9. The van der Waals surface area contributed by atoms with Gasteiger partial charge in [-0.3, -0.25) is 4.98 Å². The minimum atomic E-state index is -1.35. The summed E-state index contributed by atoms with van der Waals surface area (Å²) < 4.78 is 15.4. The molecule has 5 rings (SSSR count). The number of nitrogens with zero attached hydrogens (tertiary/aromatic N) is 5. The second-order valence-corrected chi connectivity index (χ2v) is 27.9. The number of hydrogen-bond acceptors (Lipinski definition) is 8. The highest BCUT2D eigenvalue weighted by Gasteiger charge is 2.34. The Kier molecular flexibility index (Phi) is 12.7. The monoisotopic (exact) mass is 781 g/mol. The van der Waals surface area contributed by atoms with Crippen molar-refractivity contribution < 1.29 is 24.5 Å². The first-order chi connectivity index (χ1) is 23.7. The molecule has 1 aliphatic rings. The maximum Gasteiger partial charge on any atom is 0.332 e. The Morgan fingerprint density at radius 2 is 1.54 bits per heavy atom. The first kappa shape index (κ1) is 38.3. The Morgan fingerprint density at radius 1 is 0.920 bits per heavy atom. The molecule has 1 atom stereocenters. The van der Waals surface area contributed by atoms with Crippen molar-refractivity contribution in [2.45, 2.75) is 89.1 Å². The summed E-state index contributed by atoms with van der Waals surface area (Å²) in [5.74, 6) is -0.569. The molecular formula is C37H52BrN5O5Si2. The van der Waals surface area contributed by atoms with Gasteiger partial charge in [0.2, 0.25) is 0 Å². The van der Waals surface area contributed by atoms with Crippen molar-refractivity contribution in [1.29, 1.82) is 0 Å². The Hall–Kier alpha value is -2.95. The maximum atomic E-state index is 11.5. The Bertz CT molecular complexity index is 1700. The molecule has 0 bridgehead atoms. The molecule has 1 aliphatic carbocycles. The third-order valence-electron chi connectivity index (χ3n) is 9.38. The zero-order valence-electron chi connectivity index (χ0n) is 30.2. The van der Waals surface area contributed by atoms with Crippen molar-refractivity contribution in [3.05, 3.63) is 65.0 Å². The summed E-state index contributed by atoms with van der Waals surface area (Å²) in [5.41, 5.74) is 5.30. The number of aliphatic hydroxyl groups is 1. The van der Waals surface area contributed by atoms with Gasteiger partial charge >= 0.3 is 5.97 Å². The van der Waals surface area contributed by atoms with Crippen molar-refractivity contribution in [1.82, 2.24) is 19.6 Å². The standard InChI is InChI=1S/C37H52BrN5O5Si2/c1-49(2,3)20-18-47-24-42(25-48-19-21-50(4,5)6)36-32(38)33(27-12-14-28(15-13-27)34(44)37(45)46)41-35-30(23-40-43(35)36)29-16-17-31(39-22-29)26-10-8-7-9-11-26/h7-11,16-17,22-23,27-28,34,44H,12-15,18-21,24-25H2,1-6H3,(H,45,46)/t27-,28-,34-/m1/s1. The predicted molar refractivity (Wildman–Crippen MR) is 208 cm³/mol. The van der Waals surface area contributed by atoms with E-state index in [1.165, 1.54) is 0 Å². The summed E-state index contributed by atoms with van der Waals surface area (Å²) in [6.45, 7) is 16.1. The molecule has 0 spiro atoms. The number of aromatic nitrogens is 4. The predicted octanol–water partition coefficient (Wildman–Crippen LogP) is 8.37. The van der Waals surface area contributed by atoms with E-state index < -0.39 is 28.2 Å². The topological polar surface area (TPSA) is 122 Å². The number of rotatable bonds is 16. The minimum Gasteiger partial charge on any atom is -0.479 e. The maximum absolute atomic E-state index is 11.5. The van der Waals surface area contributed by atoms with E-state index in [1.807, 2.05) is 53.3 Å². The highest BCUT2D eigenvalue weighted by Crippen LogP contribution is 2.43. The average molecular weight is 783 g/mol. The van der Waals surface area contributed by atoms with Gasteiger partial charge in [0.1, 0.15) is 13.5 Å². The smallest absolute Gasteiger partial charge is 0.332 e. The number of aliphatic hydroxyl groups excluding tert-OH is 1. The third kappa shape index (κ3) is 9.88. The van der Waals surface area contributed by atoms with Crippen LogP contribution in [0.25, 0.3) is 28.0 Å². The zero-order chi connectivity index (χ0) is 36.1.